The Morgan fingerprint density at radius 2 is 1.73 bits per heavy atom. The van der Waals surface area contributed by atoms with Gasteiger partial charge in [-0.1, -0.05) is 36.4 Å². The smallest absolute Gasteiger partial charge is 0.269 e. The molecular formula is C34H35N5O6. The van der Waals surface area contributed by atoms with Crippen LogP contribution in [0.25, 0.3) is 0 Å². The molecule has 3 unspecified atom stereocenters. The van der Waals surface area contributed by atoms with Gasteiger partial charge < -0.3 is 24.8 Å². The van der Waals surface area contributed by atoms with Crippen molar-refractivity contribution in [1.82, 2.24) is 9.88 Å². The fraction of sp³-hybridized carbons (Fsp3) is 0.294. The summed E-state index contributed by atoms with van der Waals surface area (Å²) < 4.78 is 13.1. The first-order valence-corrected chi connectivity index (χ1v) is 15.0. The summed E-state index contributed by atoms with van der Waals surface area (Å²) >= 11 is 0. The van der Waals surface area contributed by atoms with Gasteiger partial charge in [-0.2, -0.15) is 0 Å². The van der Waals surface area contributed by atoms with E-state index in [-0.39, 0.29) is 35.3 Å². The monoisotopic (exact) mass is 609 g/mol. The van der Waals surface area contributed by atoms with Crippen LogP contribution in [0.5, 0.6) is 0 Å². The predicted octanol–water partition coefficient (Wildman–Crippen LogP) is 5.10. The Bertz CT molecular complexity index is 1590. The van der Waals surface area contributed by atoms with E-state index in [0.717, 1.165) is 55.1 Å². The van der Waals surface area contributed by atoms with Gasteiger partial charge >= 0.3 is 0 Å². The summed E-state index contributed by atoms with van der Waals surface area (Å²) in [4.78, 5) is 32.0. The standard InChI is InChI=1S/C34H35N5O6/c40-23-24-6-8-25(9-7-24)32-20-31(22-37-15-17-38(18-16-37)29-10-12-30(13-11-29)39(42)43)44-34(45-32)26-3-1-5-28(19-26)36-33(41)27-4-2-14-35-21-27/h1-14,19,21,31-32,34,40H,15-18,20,22-23H2,(H,36,41). The molecule has 2 aliphatic heterocycles. The van der Waals surface area contributed by atoms with E-state index in [4.69, 9.17) is 9.47 Å². The number of hydrogen-bond donors (Lipinski definition) is 2. The van der Waals surface area contributed by atoms with E-state index in [1.54, 1.807) is 42.6 Å². The van der Waals surface area contributed by atoms with Gasteiger partial charge in [-0.25, -0.2) is 0 Å². The Morgan fingerprint density at radius 3 is 2.42 bits per heavy atom. The molecule has 3 heterocycles. The first-order chi connectivity index (χ1) is 21.9. The average molecular weight is 610 g/mol. The van der Waals surface area contributed by atoms with Crippen molar-refractivity contribution in [3.05, 3.63) is 130 Å². The number of piperazine rings is 1. The average Bonchev–Trinajstić information content (AvgIpc) is 3.09. The molecule has 232 valence electrons. The van der Waals surface area contributed by atoms with Crippen LogP contribution in [-0.4, -0.2) is 64.6 Å². The number of aromatic nitrogens is 1. The maximum atomic E-state index is 12.8. The van der Waals surface area contributed by atoms with E-state index in [9.17, 15) is 20.0 Å². The highest BCUT2D eigenvalue weighted by molar-refractivity contribution is 6.04. The van der Waals surface area contributed by atoms with Crippen molar-refractivity contribution < 1.29 is 24.3 Å². The number of hydrogen-bond acceptors (Lipinski definition) is 9. The number of non-ortho nitro benzene ring substituents is 1. The lowest BCUT2D eigenvalue weighted by atomic mass is 9.99. The fourth-order valence-corrected chi connectivity index (χ4v) is 5.76. The second-order valence-electron chi connectivity index (χ2n) is 11.2. The van der Waals surface area contributed by atoms with Crippen LogP contribution in [0.4, 0.5) is 17.1 Å². The van der Waals surface area contributed by atoms with Gasteiger partial charge in [-0.05, 0) is 47.5 Å². The van der Waals surface area contributed by atoms with E-state index in [0.29, 0.717) is 17.7 Å². The summed E-state index contributed by atoms with van der Waals surface area (Å²) in [6, 6.07) is 25.4. The number of amides is 1. The molecule has 45 heavy (non-hydrogen) atoms. The SMILES string of the molecule is O=C(Nc1cccc(C2OC(CN3CCN(c4ccc([N+](=O)[O-])cc4)CC3)CC(c3ccc(CO)cc3)O2)c1)c1cccnc1. The summed E-state index contributed by atoms with van der Waals surface area (Å²) in [7, 11) is 0. The van der Waals surface area contributed by atoms with Crippen LogP contribution in [-0.2, 0) is 16.1 Å². The number of rotatable bonds is 9. The number of nitrogens with zero attached hydrogens (tertiary/aromatic N) is 4. The molecule has 2 saturated heterocycles. The molecule has 11 nitrogen and oxygen atoms in total. The lowest BCUT2D eigenvalue weighted by Crippen LogP contribution is -2.49. The van der Waals surface area contributed by atoms with Gasteiger partial charge in [0, 0.05) is 80.6 Å². The van der Waals surface area contributed by atoms with Gasteiger partial charge in [0.05, 0.1) is 29.3 Å². The van der Waals surface area contributed by atoms with E-state index in [2.05, 4.69) is 20.1 Å². The van der Waals surface area contributed by atoms with Crippen LogP contribution < -0.4 is 10.2 Å². The third-order valence-corrected chi connectivity index (χ3v) is 8.22. The van der Waals surface area contributed by atoms with Crippen molar-refractivity contribution in [3.8, 4) is 0 Å². The number of anilines is 2. The zero-order valence-electron chi connectivity index (χ0n) is 24.7. The van der Waals surface area contributed by atoms with Gasteiger partial charge in [-0.15, -0.1) is 0 Å². The summed E-state index contributed by atoms with van der Waals surface area (Å²) in [5.41, 5.74) is 4.80. The minimum atomic E-state index is -0.650. The molecule has 4 aromatic rings. The van der Waals surface area contributed by atoms with Crippen LogP contribution in [0.15, 0.2) is 97.3 Å². The van der Waals surface area contributed by atoms with E-state index in [1.165, 1.54) is 6.20 Å². The molecule has 1 amide bonds. The molecule has 0 saturated carbocycles. The van der Waals surface area contributed by atoms with Crippen LogP contribution in [0, 0.1) is 10.1 Å². The highest BCUT2D eigenvalue weighted by Gasteiger charge is 2.34. The van der Waals surface area contributed by atoms with Crippen molar-refractivity contribution in [1.29, 1.82) is 0 Å². The number of nitro benzene ring substituents is 1. The summed E-state index contributed by atoms with van der Waals surface area (Å²) in [6.45, 7) is 3.95. The zero-order valence-corrected chi connectivity index (χ0v) is 24.7. The molecule has 0 radical (unpaired) electrons. The molecule has 11 heteroatoms. The molecule has 3 aromatic carbocycles. The lowest BCUT2D eigenvalue weighted by Gasteiger charge is -2.41. The number of carbonyl (C=O) groups is 1. The highest BCUT2D eigenvalue weighted by atomic mass is 16.7. The second-order valence-corrected chi connectivity index (χ2v) is 11.2. The lowest BCUT2D eigenvalue weighted by molar-refractivity contribution is -0.384. The van der Waals surface area contributed by atoms with Crippen molar-refractivity contribution >= 4 is 23.0 Å². The number of aliphatic hydroxyl groups is 1. The molecular weight excluding hydrogens is 574 g/mol. The molecule has 6 rings (SSSR count). The quantitative estimate of drug-likeness (QED) is 0.197. The predicted molar refractivity (Wildman–Crippen MR) is 169 cm³/mol. The van der Waals surface area contributed by atoms with E-state index < -0.39 is 6.29 Å². The molecule has 2 N–H and O–H groups in total. The highest BCUT2D eigenvalue weighted by Crippen LogP contribution is 2.39. The van der Waals surface area contributed by atoms with Crippen molar-refractivity contribution in [3.63, 3.8) is 0 Å². The number of pyridine rings is 1. The molecule has 2 aliphatic rings. The zero-order chi connectivity index (χ0) is 31.2. The molecule has 1 aromatic heterocycles. The van der Waals surface area contributed by atoms with Gasteiger partial charge in [0.2, 0.25) is 0 Å². The summed E-state index contributed by atoms with van der Waals surface area (Å²) in [5.74, 6) is -0.252. The van der Waals surface area contributed by atoms with E-state index in [1.807, 2.05) is 48.5 Å². The Kier molecular flexibility index (Phi) is 9.41. The molecule has 0 aliphatic carbocycles. The fourth-order valence-electron chi connectivity index (χ4n) is 5.76. The molecule has 0 bridgehead atoms. The first-order valence-electron chi connectivity index (χ1n) is 15.0. The third kappa shape index (κ3) is 7.52. The third-order valence-electron chi connectivity index (χ3n) is 8.22. The largest absolute Gasteiger partial charge is 0.392 e. The number of ether oxygens (including phenoxy) is 2. The number of nitrogens with one attached hydrogen (secondary N) is 1. The van der Waals surface area contributed by atoms with Gasteiger partial charge in [0.15, 0.2) is 6.29 Å². The van der Waals surface area contributed by atoms with Crippen LogP contribution >= 0.6 is 0 Å². The van der Waals surface area contributed by atoms with E-state index >= 15 is 0 Å². The molecule has 3 atom stereocenters. The summed E-state index contributed by atoms with van der Waals surface area (Å²) in [5, 5.41) is 23.5. The normalized spacial score (nSPS) is 20.5. The van der Waals surface area contributed by atoms with Crippen LogP contribution in [0.1, 0.15) is 45.9 Å². The van der Waals surface area contributed by atoms with Crippen molar-refractivity contribution in [2.24, 2.45) is 0 Å². The Balaban J connectivity index is 1.15. The minimum Gasteiger partial charge on any atom is -0.392 e. The Morgan fingerprint density at radius 1 is 0.956 bits per heavy atom. The maximum Gasteiger partial charge on any atom is 0.269 e. The van der Waals surface area contributed by atoms with Gasteiger partial charge in [0.25, 0.3) is 11.6 Å². The van der Waals surface area contributed by atoms with Crippen molar-refractivity contribution in [2.45, 2.75) is 31.5 Å². The number of benzene rings is 3. The second kappa shape index (κ2) is 14.0. The molecule has 2 fully saturated rings. The number of nitro groups is 1. The van der Waals surface area contributed by atoms with Gasteiger partial charge in [0.1, 0.15) is 0 Å². The first kappa shape index (κ1) is 30.4. The number of carbonyl (C=O) groups excluding carboxylic acids is 1. The summed E-state index contributed by atoms with van der Waals surface area (Å²) in [6.07, 6.45) is 2.81. The number of aliphatic hydroxyl groups excluding tert-OH is 1. The van der Waals surface area contributed by atoms with Gasteiger partial charge in [-0.3, -0.25) is 24.8 Å². The maximum absolute atomic E-state index is 12.8. The van der Waals surface area contributed by atoms with Crippen molar-refractivity contribution in [2.75, 3.05) is 42.9 Å². The van der Waals surface area contributed by atoms with Crippen LogP contribution in [0.3, 0.4) is 0 Å². The van der Waals surface area contributed by atoms with Crippen LogP contribution in [0.2, 0.25) is 0 Å². The topological polar surface area (TPSA) is 130 Å². The Hall–Kier alpha value is -4.68. The minimum absolute atomic E-state index is 0.0242. The Labute approximate surface area is 261 Å². The molecule has 0 spiro atoms.